The molecule has 5 rings (SSSR count). The maximum atomic E-state index is 11.2. The minimum absolute atomic E-state index is 0.312. The standard InChI is InChI=1S/C25H42O2/c1-16(15-26)22-7-8-23-21-6-5-18-14-25(27,13-17-3-4-17)12-10-19(18)20(21)9-11-24(22,23)2/h16-23,26-27H,3-15H2,1-2H3/t16?,18-,19+,20-,21-,22-,23+,24-,25+/m1/s1. The van der Waals surface area contributed by atoms with Gasteiger partial charge in [-0.15, -0.1) is 0 Å². The molecule has 2 N–H and O–H groups in total. The highest BCUT2D eigenvalue weighted by atomic mass is 16.3. The van der Waals surface area contributed by atoms with Crippen molar-refractivity contribution in [2.45, 2.75) is 96.5 Å². The Labute approximate surface area is 166 Å². The summed E-state index contributed by atoms with van der Waals surface area (Å²) >= 11 is 0. The van der Waals surface area contributed by atoms with E-state index < -0.39 is 0 Å². The fraction of sp³-hybridized carbons (Fsp3) is 1.00. The Balaban J connectivity index is 1.30. The van der Waals surface area contributed by atoms with E-state index in [-0.39, 0.29) is 5.60 Å². The van der Waals surface area contributed by atoms with Gasteiger partial charge in [0.2, 0.25) is 0 Å². The number of hydrogen-bond donors (Lipinski definition) is 2. The predicted molar refractivity (Wildman–Crippen MR) is 109 cm³/mol. The van der Waals surface area contributed by atoms with Crippen molar-refractivity contribution in [2.24, 2.45) is 52.8 Å². The topological polar surface area (TPSA) is 40.5 Å². The quantitative estimate of drug-likeness (QED) is 0.690. The molecule has 2 heteroatoms. The molecule has 0 bridgehead atoms. The van der Waals surface area contributed by atoms with Crippen LogP contribution < -0.4 is 0 Å². The minimum Gasteiger partial charge on any atom is -0.396 e. The zero-order valence-corrected chi connectivity index (χ0v) is 17.7. The molecule has 2 nitrogen and oxygen atoms in total. The number of hydrogen-bond acceptors (Lipinski definition) is 2. The summed E-state index contributed by atoms with van der Waals surface area (Å²) in [7, 11) is 0. The van der Waals surface area contributed by atoms with E-state index in [9.17, 15) is 10.2 Å². The van der Waals surface area contributed by atoms with Gasteiger partial charge < -0.3 is 10.2 Å². The van der Waals surface area contributed by atoms with E-state index >= 15 is 0 Å². The highest BCUT2D eigenvalue weighted by molar-refractivity contribution is 5.08. The normalized spacial score (nSPS) is 53.3. The summed E-state index contributed by atoms with van der Waals surface area (Å²) in [5, 5.41) is 21.0. The van der Waals surface area contributed by atoms with Crippen LogP contribution in [0.1, 0.15) is 90.9 Å². The van der Waals surface area contributed by atoms with Crippen LogP contribution in [0.2, 0.25) is 0 Å². The molecule has 5 fully saturated rings. The fourth-order valence-corrected chi connectivity index (χ4v) is 9.11. The van der Waals surface area contributed by atoms with E-state index in [1.807, 2.05) is 0 Å². The van der Waals surface area contributed by atoms with Crippen LogP contribution in [0.25, 0.3) is 0 Å². The van der Waals surface area contributed by atoms with E-state index in [1.54, 1.807) is 0 Å². The first-order chi connectivity index (χ1) is 12.9. The highest BCUT2D eigenvalue weighted by Gasteiger charge is 2.58. The van der Waals surface area contributed by atoms with Crippen LogP contribution in [0.5, 0.6) is 0 Å². The first-order valence-electron chi connectivity index (χ1n) is 12.3. The average molecular weight is 375 g/mol. The number of fused-ring (bicyclic) bond motifs is 5. The maximum Gasteiger partial charge on any atom is 0.0653 e. The van der Waals surface area contributed by atoms with Crippen LogP contribution in [-0.2, 0) is 0 Å². The summed E-state index contributed by atoms with van der Waals surface area (Å²) < 4.78 is 0. The van der Waals surface area contributed by atoms with Crippen LogP contribution in [0.15, 0.2) is 0 Å². The van der Waals surface area contributed by atoms with Crippen LogP contribution >= 0.6 is 0 Å². The summed E-state index contributed by atoms with van der Waals surface area (Å²) in [4.78, 5) is 0. The molecule has 154 valence electrons. The van der Waals surface area contributed by atoms with E-state index in [2.05, 4.69) is 13.8 Å². The third kappa shape index (κ3) is 3.12. The van der Waals surface area contributed by atoms with Crippen LogP contribution in [0, 0.1) is 52.8 Å². The molecule has 0 spiro atoms. The largest absolute Gasteiger partial charge is 0.396 e. The summed E-state index contributed by atoms with van der Waals surface area (Å²) in [5.41, 5.74) is 0.172. The highest BCUT2D eigenvalue weighted by Crippen LogP contribution is 2.65. The number of aliphatic hydroxyl groups excluding tert-OH is 1. The molecule has 0 radical (unpaired) electrons. The van der Waals surface area contributed by atoms with E-state index in [1.165, 1.54) is 57.8 Å². The summed E-state index contributed by atoms with van der Waals surface area (Å²) in [6.07, 6.45) is 15.7. The Morgan fingerprint density at radius 2 is 1.67 bits per heavy atom. The zero-order chi connectivity index (χ0) is 18.8. The van der Waals surface area contributed by atoms with Gasteiger partial charge in [0.15, 0.2) is 0 Å². The van der Waals surface area contributed by atoms with Crippen molar-refractivity contribution in [3.05, 3.63) is 0 Å². The van der Waals surface area contributed by atoms with Gasteiger partial charge in [-0.25, -0.2) is 0 Å². The molecule has 0 aromatic carbocycles. The third-order valence-corrected chi connectivity index (χ3v) is 10.5. The molecule has 5 aliphatic rings. The molecule has 5 aliphatic carbocycles. The monoisotopic (exact) mass is 374 g/mol. The Morgan fingerprint density at radius 3 is 2.41 bits per heavy atom. The lowest BCUT2D eigenvalue weighted by Gasteiger charge is -2.57. The Bertz CT molecular complexity index is 557. The molecule has 27 heavy (non-hydrogen) atoms. The second kappa shape index (κ2) is 6.73. The summed E-state index contributed by atoms with van der Waals surface area (Å²) in [5.74, 6) is 6.56. The van der Waals surface area contributed by atoms with Crippen molar-refractivity contribution in [1.29, 1.82) is 0 Å². The zero-order valence-electron chi connectivity index (χ0n) is 17.7. The van der Waals surface area contributed by atoms with Gasteiger partial charge in [0.1, 0.15) is 0 Å². The number of rotatable bonds is 4. The molecular formula is C25H42O2. The Morgan fingerprint density at radius 1 is 0.889 bits per heavy atom. The first kappa shape index (κ1) is 18.9. The lowest BCUT2D eigenvalue weighted by atomic mass is 9.48. The van der Waals surface area contributed by atoms with Gasteiger partial charge in [0.05, 0.1) is 5.60 Å². The molecule has 0 saturated heterocycles. The average Bonchev–Trinajstić information content (AvgIpc) is 3.38. The lowest BCUT2D eigenvalue weighted by Crippen LogP contribution is -2.51. The maximum absolute atomic E-state index is 11.2. The van der Waals surface area contributed by atoms with Gasteiger partial charge >= 0.3 is 0 Å². The van der Waals surface area contributed by atoms with Crippen LogP contribution in [0.4, 0.5) is 0 Å². The SMILES string of the molecule is CC(CO)[C@H]1CC[C@H]2[C@@H]3CC[C@@H]4C[C@@](O)(CC5CC5)CC[C@@H]4[C@H]3CC[C@]12C. The van der Waals surface area contributed by atoms with Gasteiger partial charge in [0.25, 0.3) is 0 Å². The molecule has 5 saturated carbocycles. The minimum atomic E-state index is -0.312. The third-order valence-electron chi connectivity index (χ3n) is 10.5. The van der Waals surface area contributed by atoms with Gasteiger partial charge in [0, 0.05) is 6.61 Å². The van der Waals surface area contributed by atoms with Crippen molar-refractivity contribution in [3.8, 4) is 0 Å². The smallest absolute Gasteiger partial charge is 0.0653 e. The molecule has 0 heterocycles. The van der Waals surface area contributed by atoms with Crippen molar-refractivity contribution in [3.63, 3.8) is 0 Å². The molecule has 0 aromatic rings. The molecular weight excluding hydrogens is 332 g/mol. The second-order valence-electron chi connectivity index (χ2n) is 11.9. The van der Waals surface area contributed by atoms with Gasteiger partial charge in [-0.05, 0) is 117 Å². The van der Waals surface area contributed by atoms with E-state index in [0.29, 0.717) is 17.9 Å². The van der Waals surface area contributed by atoms with Crippen molar-refractivity contribution >= 4 is 0 Å². The summed E-state index contributed by atoms with van der Waals surface area (Å²) in [6.45, 7) is 5.23. The van der Waals surface area contributed by atoms with Crippen LogP contribution in [0.3, 0.4) is 0 Å². The molecule has 0 aliphatic heterocycles. The summed E-state index contributed by atoms with van der Waals surface area (Å²) in [6, 6.07) is 0. The van der Waals surface area contributed by atoms with Crippen LogP contribution in [-0.4, -0.2) is 22.4 Å². The van der Waals surface area contributed by atoms with E-state index in [4.69, 9.17) is 0 Å². The number of aliphatic hydroxyl groups is 2. The second-order valence-corrected chi connectivity index (χ2v) is 11.9. The Kier molecular flexibility index (Phi) is 4.71. The van der Waals surface area contributed by atoms with E-state index in [0.717, 1.165) is 60.7 Å². The lowest BCUT2D eigenvalue weighted by molar-refractivity contribution is -0.112. The van der Waals surface area contributed by atoms with Crippen molar-refractivity contribution < 1.29 is 10.2 Å². The fourth-order valence-electron chi connectivity index (χ4n) is 9.11. The first-order valence-corrected chi connectivity index (χ1v) is 12.3. The van der Waals surface area contributed by atoms with Gasteiger partial charge in [-0.3, -0.25) is 0 Å². The Hall–Kier alpha value is -0.0800. The molecule has 0 amide bonds. The van der Waals surface area contributed by atoms with Gasteiger partial charge in [-0.1, -0.05) is 26.7 Å². The molecule has 1 unspecified atom stereocenters. The van der Waals surface area contributed by atoms with Crippen molar-refractivity contribution in [2.75, 3.05) is 6.61 Å². The predicted octanol–water partition coefficient (Wildman–Crippen LogP) is 5.41. The van der Waals surface area contributed by atoms with Gasteiger partial charge in [-0.2, -0.15) is 0 Å². The van der Waals surface area contributed by atoms with Crippen molar-refractivity contribution in [1.82, 2.24) is 0 Å². The molecule has 9 atom stereocenters. The molecule has 0 aromatic heterocycles.